The van der Waals surface area contributed by atoms with Crippen molar-refractivity contribution in [2.24, 2.45) is 0 Å². The number of nitro groups is 1. The van der Waals surface area contributed by atoms with Gasteiger partial charge in [-0.25, -0.2) is 0 Å². The van der Waals surface area contributed by atoms with Crippen LogP contribution in [0.15, 0.2) is 36.2 Å². The molecule has 0 saturated heterocycles. The Morgan fingerprint density at radius 1 is 1.71 bits per heavy atom. The normalized spacial score (nSPS) is 11.7. The second kappa shape index (κ2) is 6.85. The Labute approximate surface area is 82.9 Å². The predicted molar refractivity (Wildman–Crippen MR) is 53.8 cm³/mol. The molecule has 0 fully saturated rings. The van der Waals surface area contributed by atoms with E-state index in [1.807, 2.05) is 0 Å². The number of allylic oxidation sites excluding steroid dienone is 3. The first-order valence-corrected chi connectivity index (χ1v) is 4.01. The van der Waals surface area contributed by atoms with Gasteiger partial charge in [0, 0.05) is 12.3 Å². The van der Waals surface area contributed by atoms with Crippen molar-refractivity contribution >= 4 is 0 Å². The van der Waals surface area contributed by atoms with E-state index in [2.05, 4.69) is 16.9 Å². The van der Waals surface area contributed by atoms with Gasteiger partial charge in [-0.1, -0.05) is 12.2 Å². The zero-order valence-corrected chi connectivity index (χ0v) is 8.32. The molecule has 0 heterocycles. The molecular weight excluding hydrogens is 184 g/mol. The summed E-state index contributed by atoms with van der Waals surface area (Å²) in [5.41, 5.74) is 3.28. The van der Waals surface area contributed by atoms with Crippen molar-refractivity contribution in [3.8, 4) is 0 Å². The molecule has 78 valence electrons. The van der Waals surface area contributed by atoms with E-state index < -0.39 is 4.92 Å². The van der Waals surface area contributed by atoms with E-state index in [9.17, 15) is 10.1 Å². The van der Waals surface area contributed by atoms with Gasteiger partial charge in [0.25, 0.3) is 0 Å². The maximum atomic E-state index is 10.5. The average molecular weight is 198 g/mol. The molecular formula is C9H14N2O3. The first-order chi connectivity index (χ1) is 6.57. The molecule has 5 nitrogen and oxygen atoms in total. The van der Waals surface area contributed by atoms with E-state index in [1.54, 1.807) is 6.92 Å². The fourth-order valence-electron chi connectivity index (χ4n) is 0.760. The SMILES string of the molecule is C=C(C)C/C(=C\C=C/NOC)[N+](=O)[O-]. The van der Waals surface area contributed by atoms with Gasteiger partial charge < -0.3 is 0 Å². The van der Waals surface area contributed by atoms with Crippen LogP contribution in [0.3, 0.4) is 0 Å². The number of nitrogens with one attached hydrogen (secondary N) is 1. The standard InChI is InChI=1S/C9H14N2O3/c1-8(2)7-9(11(12)13)5-4-6-10-14-3/h4-6,10H,1,7H2,2-3H3/b6-4-,9-5+. The smallest absolute Gasteiger partial charge is 0.250 e. The summed E-state index contributed by atoms with van der Waals surface area (Å²) in [5.74, 6) is 0. The van der Waals surface area contributed by atoms with Crippen LogP contribution >= 0.6 is 0 Å². The van der Waals surface area contributed by atoms with Crippen LogP contribution < -0.4 is 5.48 Å². The van der Waals surface area contributed by atoms with Gasteiger partial charge in [0.1, 0.15) is 0 Å². The van der Waals surface area contributed by atoms with Crippen LogP contribution in [-0.2, 0) is 4.84 Å². The third-order valence-corrected chi connectivity index (χ3v) is 1.29. The fraction of sp³-hybridized carbons (Fsp3) is 0.333. The molecule has 0 saturated carbocycles. The van der Waals surface area contributed by atoms with Crippen LogP contribution in [-0.4, -0.2) is 12.0 Å². The topological polar surface area (TPSA) is 64.4 Å². The van der Waals surface area contributed by atoms with Crippen molar-refractivity contribution in [1.82, 2.24) is 5.48 Å². The lowest BCUT2D eigenvalue weighted by atomic mass is 10.2. The Morgan fingerprint density at radius 2 is 2.36 bits per heavy atom. The summed E-state index contributed by atoms with van der Waals surface area (Å²) in [6, 6.07) is 0. The summed E-state index contributed by atoms with van der Waals surface area (Å²) < 4.78 is 0. The third kappa shape index (κ3) is 5.96. The van der Waals surface area contributed by atoms with E-state index >= 15 is 0 Å². The van der Waals surface area contributed by atoms with Crippen LogP contribution in [0.2, 0.25) is 0 Å². The highest BCUT2D eigenvalue weighted by molar-refractivity contribution is 5.11. The average Bonchev–Trinajstić information content (AvgIpc) is 2.09. The summed E-state index contributed by atoms with van der Waals surface area (Å²) in [6.07, 6.45) is 4.64. The van der Waals surface area contributed by atoms with Gasteiger partial charge in [-0.15, -0.1) is 0 Å². The van der Waals surface area contributed by atoms with Crippen LogP contribution in [0, 0.1) is 10.1 Å². The number of nitrogens with zero attached hydrogens (tertiary/aromatic N) is 1. The number of hydrogen-bond acceptors (Lipinski definition) is 4. The van der Waals surface area contributed by atoms with Crippen molar-refractivity contribution in [3.05, 3.63) is 46.3 Å². The quantitative estimate of drug-likeness (QED) is 0.306. The van der Waals surface area contributed by atoms with Gasteiger partial charge in [-0.05, 0) is 13.0 Å². The molecule has 0 aliphatic carbocycles. The summed E-state index contributed by atoms with van der Waals surface area (Å²) in [6.45, 7) is 5.36. The van der Waals surface area contributed by atoms with Crippen LogP contribution in [0.5, 0.6) is 0 Å². The Morgan fingerprint density at radius 3 is 2.79 bits per heavy atom. The van der Waals surface area contributed by atoms with Gasteiger partial charge in [0.2, 0.25) is 5.70 Å². The molecule has 0 aliphatic rings. The van der Waals surface area contributed by atoms with Crippen molar-refractivity contribution < 1.29 is 9.76 Å². The number of hydrogen-bond donors (Lipinski definition) is 1. The highest BCUT2D eigenvalue weighted by Gasteiger charge is 2.08. The lowest BCUT2D eigenvalue weighted by Gasteiger charge is -1.96. The molecule has 0 atom stereocenters. The van der Waals surface area contributed by atoms with E-state index in [1.165, 1.54) is 25.5 Å². The molecule has 0 spiro atoms. The molecule has 1 N–H and O–H groups in total. The van der Waals surface area contributed by atoms with Gasteiger partial charge in [-0.3, -0.25) is 20.4 Å². The first kappa shape index (κ1) is 12.4. The van der Waals surface area contributed by atoms with E-state index in [0.29, 0.717) is 0 Å². The molecule has 0 aromatic heterocycles. The molecule has 0 bridgehead atoms. The third-order valence-electron chi connectivity index (χ3n) is 1.29. The summed E-state index contributed by atoms with van der Waals surface area (Å²) in [7, 11) is 1.45. The van der Waals surface area contributed by atoms with Gasteiger partial charge in [0.15, 0.2) is 0 Å². The maximum absolute atomic E-state index is 10.5. The molecule has 0 unspecified atom stereocenters. The Hall–Kier alpha value is -1.62. The fourth-order valence-corrected chi connectivity index (χ4v) is 0.760. The lowest BCUT2D eigenvalue weighted by molar-refractivity contribution is -0.426. The van der Waals surface area contributed by atoms with E-state index in [4.69, 9.17) is 0 Å². The molecule has 0 amide bonds. The minimum atomic E-state index is -0.425. The molecule has 0 aromatic rings. The minimum Gasteiger partial charge on any atom is -0.280 e. The number of rotatable bonds is 6. The first-order valence-electron chi connectivity index (χ1n) is 4.01. The Balaban J connectivity index is 4.33. The highest BCUT2D eigenvalue weighted by Crippen LogP contribution is 2.08. The van der Waals surface area contributed by atoms with Gasteiger partial charge in [0.05, 0.1) is 18.5 Å². The van der Waals surface area contributed by atoms with Crippen LogP contribution in [0.25, 0.3) is 0 Å². The van der Waals surface area contributed by atoms with Crippen molar-refractivity contribution in [3.63, 3.8) is 0 Å². The summed E-state index contributed by atoms with van der Waals surface area (Å²) >= 11 is 0. The van der Waals surface area contributed by atoms with Crippen LogP contribution in [0.4, 0.5) is 0 Å². The Kier molecular flexibility index (Phi) is 6.06. The molecule has 5 heteroatoms. The molecule has 0 aliphatic heterocycles. The highest BCUT2D eigenvalue weighted by atomic mass is 16.6. The molecule has 0 rings (SSSR count). The van der Waals surface area contributed by atoms with E-state index in [-0.39, 0.29) is 12.1 Å². The van der Waals surface area contributed by atoms with Gasteiger partial charge in [-0.2, -0.15) is 0 Å². The van der Waals surface area contributed by atoms with Crippen LogP contribution in [0.1, 0.15) is 13.3 Å². The number of hydroxylamine groups is 1. The Bertz CT molecular complexity index is 269. The van der Waals surface area contributed by atoms with E-state index in [0.717, 1.165) is 5.57 Å². The van der Waals surface area contributed by atoms with Gasteiger partial charge >= 0.3 is 0 Å². The molecule has 0 aromatic carbocycles. The zero-order valence-electron chi connectivity index (χ0n) is 8.32. The maximum Gasteiger partial charge on any atom is 0.250 e. The predicted octanol–water partition coefficient (Wildman–Crippen LogP) is 1.78. The van der Waals surface area contributed by atoms with Crippen molar-refractivity contribution in [2.75, 3.05) is 7.11 Å². The second-order valence-electron chi connectivity index (χ2n) is 2.73. The monoisotopic (exact) mass is 198 g/mol. The minimum absolute atomic E-state index is 0.103. The van der Waals surface area contributed by atoms with Crippen molar-refractivity contribution in [2.45, 2.75) is 13.3 Å². The molecule has 0 radical (unpaired) electrons. The second-order valence-corrected chi connectivity index (χ2v) is 2.73. The zero-order chi connectivity index (χ0) is 11.0. The largest absolute Gasteiger partial charge is 0.280 e. The molecule has 14 heavy (non-hydrogen) atoms. The lowest BCUT2D eigenvalue weighted by Crippen LogP contribution is -2.01. The van der Waals surface area contributed by atoms with Crippen molar-refractivity contribution in [1.29, 1.82) is 0 Å². The summed E-state index contributed by atoms with van der Waals surface area (Å²) in [5, 5.41) is 10.5. The summed E-state index contributed by atoms with van der Waals surface area (Å²) in [4.78, 5) is 14.6.